The summed E-state index contributed by atoms with van der Waals surface area (Å²) in [6.07, 6.45) is 3.96. The molecule has 0 aliphatic heterocycles. The molecule has 0 saturated carbocycles. The molecular weight excluding hydrogens is 316 g/mol. The van der Waals surface area contributed by atoms with Crippen molar-refractivity contribution in [3.63, 3.8) is 0 Å². The quantitative estimate of drug-likeness (QED) is 0.699. The molecule has 3 rings (SSSR count). The van der Waals surface area contributed by atoms with Crippen molar-refractivity contribution in [1.29, 1.82) is 0 Å². The smallest absolute Gasteiger partial charge is 0.257 e. The molecule has 0 aliphatic carbocycles. The maximum atomic E-state index is 12.5. The number of nitrogens with zero attached hydrogens (tertiary/aromatic N) is 1. The Hall–Kier alpha value is -1.91. The molecule has 0 atom stereocenters. The molecule has 1 N–H and O–H groups in total. The van der Waals surface area contributed by atoms with Crippen molar-refractivity contribution in [2.75, 3.05) is 11.6 Å². The zero-order valence-electron chi connectivity index (χ0n) is 12.3. The van der Waals surface area contributed by atoms with Crippen LogP contribution in [0, 0.1) is 0 Å². The molecule has 0 radical (unpaired) electrons. The van der Waals surface area contributed by atoms with Gasteiger partial charge in [-0.25, -0.2) is 0 Å². The number of halogens is 1. The summed E-state index contributed by atoms with van der Waals surface area (Å²) in [4.78, 5) is 13.5. The van der Waals surface area contributed by atoms with Gasteiger partial charge in [-0.05, 0) is 48.0 Å². The number of benzene rings is 2. The summed E-state index contributed by atoms with van der Waals surface area (Å²) in [5.41, 5.74) is 2.31. The van der Waals surface area contributed by atoms with E-state index in [1.54, 1.807) is 17.8 Å². The van der Waals surface area contributed by atoms with E-state index in [-0.39, 0.29) is 5.91 Å². The lowest BCUT2D eigenvalue weighted by Gasteiger charge is -2.09. The maximum absolute atomic E-state index is 12.5. The van der Waals surface area contributed by atoms with Crippen LogP contribution < -0.4 is 5.32 Å². The molecular formula is C17H15ClN2OS. The minimum atomic E-state index is -0.200. The van der Waals surface area contributed by atoms with Crippen LogP contribution in [0.25, 0.3) is 10.9 Å². The summed E-state index contributed by atoms with van der Waals surface area (Å²) in [7, 11) is 1.98. The summed E-state index contributed by atoms with van der Waals surface area (Å²) >= 11 is 7.72. The van der Waals surface area contributed by atoms with Crippen molar-refractivity contribution in [2.24, 2.45) is 7.05 Å². The molecule has 0 aliphatic rings. The van der Waals surface area contributed by atoms with E-state index in [4.69, 9.17) is 11.6 Å². The fraction of sp³-hybridized carbons (Fsp3) is 0.118. The molecule has 1 aromatic heterocycles. The highest BCUT2D eigenvalue weighted by atomic mass is 35.5. The highest BCUT2D eigenvalue weighted by molar-refractivity contribution is 7.98. The number of nitrogens with one attached hydrogen (secondary N) is 1. The number of fused-ring (bicyclic) bond motifs is 1. The fourth-order valence-electron chi connectivity index (χ4n) is 2.34. The number of carbonyl (C=O) groups is 1. The van der Waals surface area contributed by atoms with Gasteiger partial charge in [0.05, 0.1) is 10.6 Å². The minimum absolute atomic E-state index is 0.200. The maximum Gasteiger partial charge on any atom is 0.257 e. The Morgan fingerprint density at radius 3 is 2.77 bits per heavy atom. The van der Waals surface area contributed by atoms with Crippen molar-refractivity contribution in [3.05, 3.63) is 59.2 Å². The van der Waals surface area contributed by atoms with Gasteiger partial charge >= 0.3 is 0 Å². The van der Waals surface area contributed by atoms with Gasteiger partial charge in [0, 0.05) is 29.3 Å². The van der Waals surface area contributed by atoms with Crippen molar-refractivity contribution >= 4 is 45.9 Å². The van der Waals surface area contributed by atoms with Gasteiger partial charge in [-0.1, -0.05) is 17.7 Å². The van der Waals surface area contributed by atoms with E-state index in [9.17, 15) is 4.79 Å². The molecule has 112 valence electrons. The monoisotopic (exact) mass is 330 g/mol. The van der Waals surface area contributed by atoms with Crippen LogP contribution in [0.1, 0.15) is 10.4 Å². The molecule has 0 bridgehead atoms. The van der Waals surface area contributed by atoms with Crippen LogP contribution >= 0.6 is 23.4 Å². The molecule has 2 aromatic carbocycles. The predicted molar refractivity (Wildman–Crippen MR) is 94.1 cm³/mol. The number of amides is 1. The molecule has 3 aromatic rings. The predicted octanol–water partition coefficient (Wildman–Crippen LogP) is 4.81. The van der Waals surface area contributed by atoms with Crippen LogP contribution in [-0.4, -0.2) is 16.7 Å². The van der Waals surface area contributed by atoms with Crippen LogP contribution in [0.3, 0.4) is 0 Å². The van der Waals surface area contributed by atoms with Crippen LogP contribution in [0.4, 0.5) is 5.69 Å². The molecule has 0 saturated heterocycles. The average molecular weight is 331 g/mol. The number of thioether (sulfide) groups is 1. The van der Waals surface area contributed by atoms with E-state index in [0.717, 1.165) is 21.5 Å². The Labute approximate surface area is 138 Å². The summed E-state index contributed by atoms with van der Waals surface area (Å²) < 4.78 is 2.02. The Morgan fingerprint density at radius 1 is 1.18 bits per heavy atom. The first kappa shape index (κ1) is 15.0. The number of aromatic nitrogens is 1. The van der Waals surface area contributed by atoms with E-state index in [1.807, 2.05) is 60.5 Å². The second-order valence-electron chi connectivity index (χ2n) is 5.00. The van der Waals surface area contributed by atoms with Gasteiger partial charge in [-0.2, -0.15) is 0 Å². The third kappa shape index (κ3) is 2.85. The first-order valence-electron chi connectivity index (χ1n) is 6.78. The van der Waals surface area contributed by atoms with Gasteiger partial charge in [0.15, 0.2) is 0 Å². The Bertz CT molecular complexity index is 857. The molecule has 22 heavy (non-hydrogen) atoms. The second-order valence-corrected chi connectivity index (χ2v) is 6.29. The van der Waals surface area contributed by atoms with E-state index in [0.29, 0.717) is 10.6 Å². The van der Waals surface area contributed by atoms with Crippen LogP contribution in [0.15, 0.2) is 53.6 Å². The number of rotatable bonds is 3. The van der Waals surface area contributed by atoms with Crippen molar-refractivity contribution in [1.82, 2.24) is 4.57 Å². The highest BCUT2D eigenvalue weighted by Gasteiger charge is 2.12. The molecule has 1 amide bonds. The van der Waals surface area contributed by atoms with Gasteiger partial charge in [0.25, 0.3) is 5.91 Å². The van der Waals surface area contributed by atoms with E-state index < -0.39 is 0 Å². The lowest BCUT2D eigenvalue weighted by atomic mass is 10.2. The number of aryl methyl sites for hydroxylation is 1. The SMILES string of the molecule is CSc1ccc(Cl)c(C(=O)Nc2ccc3ccn(C)c3c2)c1. The lowest BCUT2D eigenvalue weighted by Crippen LogP contribution is -2.12. The molecule has 0 fully saturated rings. The number of hydrogen-bond donors (Lipinski definition) is 1. The van der Waals surface area contributed by atoms with Crippen molar-refractivity contribution in [2.45, 2.75) is 4.90 Å². The van der Waals surface area contributed by atoms with Gasteiger partial charge in [-0.3, -0.25) is 4.79 Å². The summed E-state index contributed by atoms with van der Waals surface area (Å²) in [5, 5.41) is 4.51. The van der Waals surface area contributed by atoms with Crippen LogP contribution in [0.2, 0.25) is 5.02 Å². The summed E-state index contributed by atoms with van der Waals surface area (Å²) in [5.74, 6) is -0.200. The largest absolute Gasteiger partial charge is 0.350 e. The first-order valence-corrected chi connectivity index (χ1v) is 8.39. The third-order valence-electron chi connectivity index (χ3n) is 3.56. The van der Waals surface area contributed by atoms with Gasteiger partial charge < -0.3 is 9.88 Å². The van der Waals surface area contributed by atoms with Gasteiger partial charge in [0.1, 0.15) is 0 Å². The minimum Gasteiger partial charge on any atom is -0.350 e. The Kier molecular flexibility index (Phi) is 4.14. The standard InChI is InChI=1S/C17H15ClN2OS/c1-20-8-7-11-3-4-12(9-16(11)20)19-17(21)14-10-13(22-2)5-6-15(14)18/h3-10H,1-2H3,(H,19,21). The first-order chi connectivity index (χ1) is 10.6. The third-order valence-corrected chi connectivity index (χ3v) is 4.62. The molecule has 3 nitrogen and oxygen atoms in total. The Morgan fingerprint density at radius 2 is 2.00 bits per heavy atom. The average Bonchev–Trinajstić information content (AvgIpc) is 2.89. The normalized spacial score (nSPS) is 10.9. The zero-order chi connectivity index (χ0) is 15.7. The number of anilines is 1. The van der Waals surface area contributed by atoms with Crippen LogP contribution in [0.5, 0.6) is 0 Å². The van der Waals surface area contributed by atoms with Crippen molar-refractivity contribution in [3.8, 4) is 0 Å². The summed E-state index contributed by atoms with van der Waals surface area (Å²) in [6, 6.07) is 13.3. The van der Waals surface area contributed by atoms with E-state index in [2.05, 4.69) is 5.32 Å². The van der Waals surface area contributed by atoms with E-state index in [1.165, 1.54) is 0 Å². The fourth-order valence-corrected chi connectivity index (χ4v) is 2.99. The van der Waals surface area contributed by atoms with Gasteiger partial charge in [0.2, 0.25) is 0 Å². The molecule has 0 spiro atoms. The van der Waals surface area contributed by atoms with Crippen molar-refractivity contribution < 1.29 is 4.79 Å². The topological polar surface area (TPSA) is 34.0 Å². The Balaban J connectivity index is 1.90. The lowest BCUT2D eigenvalue weighted by molar-refractivity contribution is 0.102. The molecule has 0 unspecified atom stereocenters. The van der Waals surface area contributed by atoms with Crippen LogP contribution in [-0.2, 0) is 7.05 Å². The zero-order valence-corrected chi connectivity index (χ0v) is 13.8. The number of carbonyl (C=O) groups excluding carboxylic acids is 1. The highest BCUT2D eigenvalue weighted by Crippen LogP contribution is 2.25. The molecule has 5 heteroatoms. The summed E-state index contributed by atoms with van der Waals surface area (Å²) in [6.45, 7) is 0. The van der Waals surface area contributed by atoms with E-state index >= 15 is 0 Å². The number of hydrogen-bond acceptors (Lipinski definition) is 2. The second kappa shape index (κ2) is 6.07. The van der Waals surface area contributed by atoms with Gasteiger partial charge in [-0.15, -0.1) is 11.8 Å². The molecule has 1 heterocycles.